The van der Waals surface area contributed by atoms with Crippen LogP contribution in [0.15, 0.2) is 23.3 Å². The average molecular weight is 528 g/mol. The Hall–Kier alpha value is -1.62. The molecule has 1 aromatic rings. The number of aromatic nitrogens is 1. The SMILES string of the molecule is CN=C(NCc1ccnc(N2CCCC2)c1)N1CCN(C(=O)C2CCCO2)CC1.I. The summed E-state index contributed by atoms with van der Waals surface area (Å²) in [6, 6.07) is 4.22. The third-order valence-corrected chi connectivity index (χ3v) is 6.00. The van der Waals surface area contributed by atoms with Crippen LogP contribution in [0.1, 0.15) is 31.2 Å². The van der Waals surface area contributed by atoms with Gasteiger partial charge in [-0.05, 0) is 43.4 Å². The summed E-state index contributed by atoms with van der Waals surface area (Å²) >= 11 is 0. The molecule has 0 aromatic carbocycles. The quantitative estimate of drug-likeness (QED) is 0.365. The lowest BCUT2D eigenvalue weighted by atomic mass is 10.2. The molecule has 8 nitrogen and oxygen atoms in total. The van der Waals surface area contributed by atoms with Crippen LogP contribution in [0, 0.1) is 0 Å². The van der Waals surface area contributed by atoms with Crippen molar-refractivity contribution in [2.75, 3.05) is 57.8 Å². The molecule has 3 aliphatic rings. The molecule has 30 heavy (non-hydrogen) atoms. The molecule has 9 heteroatoms. The first-order valence-corrected chi connectivity index (χ1v) is 10.8. The Morgan fingerprint density at radius 2 is 1.90 bits per heavy atom. The van der Waals surface area contributed by atoms with Crippen molar-refractivity contribution in [2.24, 2.45) is 4.99 Å². The highest BCUT2D eigenvalue weighted by atomic mass is 127. The van der Waals surface area contributed by atoms with E-state index < -0.39 is 0 Å². The zero-order chi connectivity index (χ0) is 20.1. The maximum absolute atomic E-state index is 12.5. The van der Waals surface area contributed by atoms with Gasteiger partial charge >= 0.3 is 0 Å². The van der Waals surface area contributed by atoms with Crippen molar-refractivity contribution in [1.29, 1.82) is 0 Å². The number of hydrogen-bond acceptors (Lipinski definition) is 5. The minimum atomic E-state index is -0.226. The van der Waals surface area contributed by atoms with Crippen LogP contribution < -0.4 is 10.2 Å². The second kappa shape index (κ2) is 11.1. The van der Waals surface area contributed by atoms with Crippen molar-refractivity contribution in [1.82, 2.24) is 20.1 Å². The van der Waals surface area contributed by atoms with E-state index in [-0.39, 0.29) is 36.0 Å². The first-order chi connectivity index (χ1) is 14.2. The van der Waals surface area contributed by atoms with Gasteiger partial charge in [0.15, 0.2) is 5.96 Å². The van der Waals surface area contributed by atoms with Crippen LogP contribution in [-0.2, 0) is 16.1 Å². The van der Waals surface area contributed by atoms with Gasteiger partial charge in [0.2, 0.25) is 0 Å². The van der Waals surface area contributed by atoms with Gasteiger partial charge in [0.05, 0.1) is 0 Å². The molecule has 1 N–H and O–H groups in total. The molecule has 3 fully saturated rings. The number of anilines is 1. The number of nitrogens with one attached hydrogen (secondary N) is 1. The van der Waals surface area contributed by atoms with E-state index in [1.54, 1.807) is 0 Å². The highest BCUT2D eigenvalue weighted by Gasteiger charge is 2.30. The number of carbonyl (C=O) groups excluding carboxylic acids is 1. The second-order valence-corrected chi connectivity index (χ2v) is 7.93. The maximum Gasteiger partial charge on any atom is 0.251 e. The highest BCUT2D eigenvalue weighted by molar-refractivity contribution is 14.0. The largest absolute Gasteiger partial charge is 0.368 e. The normalized spacial score (nSPS) is 22.2. The first kappa shape index (κ1) is 23.1. The van der Waals surface area contributed by atoms with Crippen LogP contribution in [0.4, 0.5) is 5.82 Å². The molecule has 0 bridgehead atoms. The summed E-state index contributed by atoms with van der Waals surface area (Å²) in [6.45, 7) is 6.62. The second-order valence-electron chi connectivity index (χ2n) is 7.93. The fourth-order valence-corrected chi connectivity index (χ4v) is 4.32. The van der Waals surface area contributed by atoms with Crippen molar-refractivity contribution >= 4 is 41.7 Å². The van der Waals surface area contributed by atoms with Crippen LogP contribution in [0.25, 0.3) is 0 Å². The zero-order valence-electron chi connectivity index (χ0n) is 17.8. The predicted molar refractivity (Wildman–Crippen MR) is 128 cm³/mol. The van der Waals surface area contributed by atoms with Crippen LogP contribution in [-0.4, -0.2) is 85.7 Å². The zero-order valence-corrected chi connectivity index (χ0v) is 20.1. The molecule has 3 aliphatic heterocycles. The Balaban J connectivity index is 0.00000256. The fraction of sp³-hybridized carbons (Fsp3) is 0.667. The van der Waals surface area contributed by atoms with Crippen LogP contribution >= 0.6 is 24.0 Å². The van der Waals surface area contributed by atoms with Crippen LogP contribution in [0.5, 0.6) is 0 Å². The molecule has 0 spiro atoms. The molecule has 1 aromatic heterocycles. The molecule has 3 saturated heterocycles. The van der Waals surface area contributed by atoms with Crippen molar-refractivity contribution < 1.29 is 9.53 Å². The summed E-state index contributed by atoms with van der Waals surface area (Å²) in [5.41, 5.74) is 1.20. The van der Waals surface area contributed by atoms with Gasteiger partial charge in [0.25, 0.3) is 5.91 Å². The van der Waals surface area contributed by atoms with Gasteiger partial charge in [-0.2, -0.15) is 0 Å². The summed E-state index contributed by atoms with van der Waals surface area (Å²) < 4.78 is 5.55. The summed E-state index contributed by atoms with van der Waals surface area (Å²) in [5.74, 6) is 2.10. The number of hydrogen-bond donors (Lipinski definition) is 1. The molecule has 4 rings (SSSR count). The summed E-state index contributed by atoms with van der Waals surface area (Å²) in [7, 11) is 1.81. The minimum Gasteiger partial charge on any atom is -0.368 e. The van der Waals surface area contributed by atoms with E-state index in [1.807, 2.05) is 18.1 Å². The highest BCUT2D eigenvalue weighted by Crippen LogP contribution is 2.19. The number of pyridine rings is 1. The number of halogens is 1. The Labute approximate surface area is 196 Å². The lowest BCUT2D eigenvalue weighted by molar-refractivity contribution is -0.142. The van der Waals surface area contributed by atoms with Gasteiger partial charge in [-0.1, -0.05) is 0 Å². The molecular formula is C21H33IN6O2. The van der Waals surface area contributed by atoms with Crippen LogP contribution in [0.2, 0.25) is 0 Å². The van der Waals surface area contributed by atoms with Gasteiger partial charge in [0, 0.05) is 65.7 Å². The summed E-state index contributed by atoms with van der Waals surface area (Å²) in [5, 5.41) is 3.47. The van der Waals surface area contributed by atoms with Gasteiger partial charge in [-0.3, -0.25) is 9.79 Å². The maximum atomic E-state index is 12.5. The smallest absolute Gasteiger partial charge is 0.251 e. The summed E-state index contributed by atoms with van der Waals surface area (Å²) in [6.07, 6.45) is 6.00. The molecule has 1 amide bonds. The number of carbonyl (C=O) groups is 1. The van der Waals surface area contributed by atoms with Crippen molar-refractivity contribution in [3.8, 4) is 0 Å². The number of amides is 1. The minimum absolute atomic E-state index is 0. The number of rotatable bonds is 4. The Kier molecular flexibility index (Phi) is 8.55. The Bertz CT molecular complexity index is 726. The van der Waals surface area contributed by atoms with E-state index in [9.17, 15) is 4.79 Å². The molecule has 0 saturated carbocycles. The topological polar surface area (TPSA) is 73.3 Å². The van der Waals surface area contributed by atoms with Gasteiger partial charge in [-0.25, -0.2) is 4.98 Å². The number of aliphatic imine (C=N–C) groups is 1. The predicted octanol–water partition coefficient (Wildman–Crippen LogP) is 1.70. The Morgan fingerprint density at radius 3 is 2.57 bits per heavy atom. The molecule has 4 heterocycles. The van der Waals surface area contributed by atoms with E-state index >= 15 is 0 Å². The number of piperazine rings is 1. The summed E-state index contributed by atoms with van der Waals surface area (Å²) in [4.78, 5) is 28.0. The van der Waals surface area contributed by atoms with E-state index in [0.29, 0.717) is 26.2 Å². The molecule has 1 atom stereocenters. The molecule has 0 aliphatic carbocycles. The molecule has 0 radical (unpaired) electrons. The molecule has 166 valence electrons. The van der Waals surface area contributed by atoms with Gasteiger partial charge in [0.1, 0.15) is 11.9 Å². The molecule has 1 unspecified atom stereocenters. The Morgan fingerprint density at radius 1 is 1.17 bits per heavy atom. The lowest BCUT2D eigenvalue weighted by Crippen LogP contribution is -2.55. The van der Waals surface area contributed by atoms with E-state index in [1.165, 1.54) is 18.4 Å². The molecular weight excluding hydrogens is 495 g/mol. The first-order valence-electron chi connectivity index (χ1n) is 10.8. The van der Waals surface area contributed by atoms with Gasteiger partial charge in [-0.15, -0.1) is 24.0 Å². The van der Waals surface area contributed by atoms with Gasteiger partial charge < -0.3 is 24.8 Å². The fourth-order valence-electron chi connectivity index (χ4n) is 4.32. The lowest BCUT2D eigenvalue weighted by Gasteiger charge is -2.37. The number of guanidine groups is 1. The number of nitrogens with zero attached hydrogens (tertiary/aromatic N) is 5. The third kappa shape index (κ3) is 5.54. The average Bonchev–Trinajstić information content (AvgIpc) is 3.49. The van der Waals surface area contributed by atoms with Crippen molar-refractivity contribution in [3.63, 3.8) is 0 Å². The standard InChI is InChI=1S/C21H32N6O2.HI/c1-22-21(24-16-17-6-7-23-19(15-17)25-8-2-3-9-25)27-12-10-26(11-13-27)20(28)18-5-4-14-29-18;/h6-7,15,18H,2-5,8-14,16H2,1H3,(H,22,24);1H. The van der Waals surface area contributed by atoms with E-state index in [0.717, 1.165) is 50.8 Å². The van der Waals surface area contributed by atoms with Crippen molar-refractivity contribution in [2.45, 2.75) is 38.3 Å². The number of ether oxygens (including phenoxy) is 1. The van der Waals surface area contributed by atoms with E-state index in [4.69, 9.17) is 4.74 Å². The van der Waals surface area contributed by atoms with Crippen molar-refractivity contribution in [3.05, 3.63) is 23.9 Å². The van der Waals surface area contributed by atoms with Crippen LogP contribution in [0.3, 0.4) is 0 Å². The monoisotopic (exact) mass is 528 g/mol. The van der Waals surface area contributed by atoms with E-state index in [2.05, 4.69) is 37.2 Å². The third-order valence-electron chi connectivity index (χ3n) is 6.00.